The first-order valence-corrected chi connectivity index (χ1v) is 8.98. The van der Waals surface area contributed by atoms with Gasteiger partial charge in [-0.15, -0.1) is 0 Å². The molecular weight excluding hydrogens is 318 g/mol. The first kappa shape index (κ1) is 16.9. The average molecular weight is 340 g/mol. The Labute approximate surface area is 147 Å². The summed E-state index contributed by atoms with van der Waals surface area (Å²) in [5.74, 6) is 1.67. The molecule has 124 valence electrons. The van der Waals surface area contributed by atoms with Gasteiger partial charge in [-0.05, 0) is 31.8 Å². The Morgan fingerprint density at radius 3 is 2.58 bits per heavy atom. The van der Waals surface area contributed by atoms with Crippen LogP contribution in [0.3, 0.4) is 0 Å². The summed E-state index contributed by atoms with van der Waals surface area (Å²) in [7, 11) is 4.06. The van der Waals surface area contributed by atoms with Crippen LogP contribution >= 0.6 is 11.8 Å². The summed E-state index contributed by atoms with van der Waals surface area (Å²) in [5, 5.41) is 0. The molecule has 24 heavy (non-hydrogen) atoms. The molecule has 0 N–H and O–H groups in total. The maximum Gasteiger partial charge on any atom is 0.359 e. The van der Waals surface area contributed by atoms with Crippen molar-refractivity contribution in [1.29, 1.82) is 0 Å². The second-order valence-corrected chi connectivity index (χ2v) is 7.17. The van der Waals surface area contributed by atoms with Gasteiger partial charge in [-0.1, -0.05) is 48.2 Å². The first-order valence-electron chi connectivity index (χ1n) is 8.00. The smallest absolute Gasteiger partial charge is 0.304 e. The quantitative estimate of drug-likeness (QED) is 0.618. The Balaban J connectivity index is 1.95. The van der Waals surface area contributed by atoms with E-state index in [0.29, 0.717) is 5.88 Å². The number of hydrogen-bond acceptors (Lipinski definition) is 4. The van der Waals surface area contributed by atoms with Crippen molar-refractivity contribution in [3.05, 3.63) is 65.2 Å². The molecular formula is C19H22N3OS+. The average Bonchev–Trinajstić information content (AvgIpc) is 2.92. The molecule has 0 saturated carbocycles. The number of thioether (sulfide) groups is 1. The molecule has 2 heterocycles. The van der Waals surface area contributed by atoms with E-state index >= 15 is 0 Å². The van der Waals surface area contributed by atoms with E-state index in [2.05, 4.69) is 9.88 Å². The van der Waals surface area contributed by atoms with Crippen molar-refractivity contribution >= 4 is 29.6 Å². The molecule has 1 saturated heterocycles. The summed E-state index contributed by atoms with van der Waals surface area (Å²) in [6.07, 6.45) is 3.76. The van der Waals surface area contributed by atoms with Crippen LogP contribution in [0.2, 0.25) is 0 Å². The molecule has 5 heteroatoms. The van der Waals surface area contributed by atoms with Gasteiger partial charge in [0, 0.05) is 18.8 Å². The van der Waals surface area contributed by atoms with Crippen LogP contribution in [0.5, 0.6) is 0 Å². The number of aromatic nitrogens is 1. The minimum absolute atomic E-state index is 0.143. The van der Waals surface area contributed by atoms with Gasteiger partial charge in [-0.2, -0.15) is 4.48 Å². The van der Waals surface area contributed by atoms with Gasteiger partial charge in [0.05, 0.1) is 0 Å². The van der Waals surface area contributed by atoms with Gasteiger partial charge in [-0.25, -0.2) is 9.78 Å². The minimum Gasteiger partial charge on any atom is -0.304 e. The highest BCUT2D eigenvalue weighted by Crippen LogP contribution is 2.39. The van der Waals surface area contributed by atoms with E-state index in [1.54, 1.807) is 18.0 Å². The second-order valence-electron chi connectivity index (χ2n) is 6.18. The fourth-order valence-electron chi connectivity index (χ4n) is 2.74. The summed E-state index contributed by atoms with van der Waals surface area (Å²) in [6, 6.07) is 15.8. The molecule has 1 unspecified atom stereocenters. The van der Waals surface area contributed by atoms with Crippen LogP contribution in [0.15, 0.2) is 59.6 Å². The zero-order chi connectivity index (χ0) is 17.0. The van der Waals surface area contributed by atoms with Gasteiger partial charge in [0.2, 0.25) is 5.82 Å². The lowest BCUT2D eigenvalue weighted by molar-refractivity contribution is -0.124. The third-order valence-electron chi connectivity index (χ3n) is 4.15. The number of hydrogen-bond donors (Lipinski definition) is 0. The van der Waals surface area contributed by atoms with E-state index in [1.165, 1.54) is 0 Å². The van der Waals surface area contributed by atoms with Gasteiger partial charge in [0.25, 0.3) is 0 Å². The molecule has 1 fully saturated rings. The normalized spacial score (nSPS) is 22.5. The molecule has 1 amide bonds. The predicted octanol–water partition coefficient (Wildman–Crippen LogP) is 3.22. The number of benzene rings is 1. The standard InChI is InChI=1S/C19H22N3OS/c1-21(2)12-13-22(18-10-6-7-11-20-18)15-24-17(19(22)23)14-16-8-4-3-5-9-16/h3-11,14H,12-13,15H2,1-2H3/q+1. The van der Waals surface area contributed by atoms with Crippen molar-refractivity contribution in [2.24, 2.45) is 0 Å². The van der Waals surface area contributed by atoms with E-state index in [1.807, 2.05) is 68.7 Å². The maximum atomic E-state index is 13.3. The zero-order valence-corrected chi connectivity index (χ0v) is 14.9. The third kappa shape index (κ3) is 3.43. The van der Waals surface area contributed by atoms with Crippen molar-refractivity contribution in [3.8, 4) is 0 Å². The Kier molecular flexibility index (Phi) is 5.14. The molecule has 1 aliphatic heterocycles. The molecule has 0 bridgehead atoms. The number of rotatable bonds is 5. The minimum atomic E-state index is 0.143. The van der Waals surface area contributed by atoms with Gasteiger partial charge < -0.3 is 4.90 Å². The highest BCUT2D eigenvalue weighted by molar-refractivity contribution is 8.04. The molecule has 1 aliphatic rings. The Hall–Kier alpha value is -1.95. The highest BCUT2D eigenvalue weighted by Gasteiger charge is 2.48. The van der Waals surface area contributed by atoms with E-state index in [4.69, 9.17) is 0 Å². The summed E-state index contributed by atoms with van der Waals surface area (Å²) in [5.41, 5.74) is 1.06. The van der Waals surface area contributed by atoms with Crippen LogP contribution in [0.1, 0.15) is 5.56 Å². The van der Waals surface area contributed by atoms with Gasteiger partial charge in [0.1, 0.15) is 17.3 Å². The van der Waals surface area contributed by atoms with E-state index in [0.717, 1.165) is 29.4 Å². The molecule has 2 aromatic rings. The van der Waals surface area contributed by atoms with Crippen LogP contribution in [-0.4, -0.2) is 48.9 Å². The fourth-order valence-corrected chi connectivity index (χ4v) is 4.00. The summed E-state index contributed by atoms with van der Waals surface area (Å²) < 4.78 is 0.280. The number of amides is 1. The molecule has 1 atom stereocenters. The van der Waals surface area contributed by atoms with E-state index < -0.39 is 0 Å². The van der Waals surface area contributed by atoms with Crippen LogP contribution in [-0.2, 0) is 4.79 Å². The lowest BCUT2D eigenvalue weighted by atomic mass is 10.2. The molecule has 3 rings (SSSR count). The maximum absolute atomic E-state index is 13.3. The van der Waals surface area contributed by atoms with Gasteiger partial charge in [-0.3, -0.25) is 0 Å². The first-order chi connectivity index (χ1) is 11.6. The Morgan fingerprint density at radius 1 is 1.17 bits per heavy atom. The third-order valence-corrected chi connectivity index (χ3v) is 5.33. The Bertz CT molecular complexity index is 731. The predicted molar refractivity (Wildman–Crippen MR) is 101 cm³/mol. The lowest BCUT2D eigenvalue weighted by Gasteiger charge is -2.29. The van der Waals surface area contributed by atoms with Crippen molar-refractivity contribution < 1.29 is 4.79 Å². The number of carbonyl (C=O) groups excluding carboxylic acids is 1. The lowest BCUT2D eigenvalue weighted by Crippen LogP contribution is -2.54. The number of quaternary nitrogens is 1. The summed E-state index contributed by atoms with van der Waals surface area (Å²) in [6.45, 7) is 1.56. The molecule has 0 spiro atoms. The monoisotopic (exact) mass is 340 g/mol. The van der Waals surface area contributed by atoms with Crippen molar-refractivity contribution in [1.82, 2.24) is 14.4 Å². The summed E-state index contributed by atoms with van der Waals surface area (Å²) in [4.78, 5) is 20.7. The molecule has 1 aromatic carbocycles. The molecule has 0 aliphatic carbocycles. The molecule has 1 aromatic heterocycles. The summed E-state index contributed by atoms with van der Waals surface area (Å²) >= 11 is 1.62. The topological polar surface area (TPSA) is 33.2 Å². The van der Waals surface area contributed by atoms with Gasteiger partial charge >= 0.3 is 5.91 Å². The van der Waals surface area contributed by atoms with Crippen molar-refractivity contribution in [2.45, 2.75) is 0 Å². The van der Waals surface area contributed by atoms with Crippen LogP contribution < -0.4 is 4.48 Å². The second kappa shape index (κ2) is 7.30. The number of nitrogens with zero attached hydrogens (tertiary/aromatic N) is 3. The number of likely N-dealkylation sites (N-methyl/N-ethyl adjacent to an activating group) is 1. The number of carbonyl (C=O) groups is 1. The highest BCUT2D eigenvalue weighted by atomic mass is 32.2. The van der Waals surface area contributed by atoms with Crippen molar-refractivity contribution in [3.63, 3.8) is 0 Å². The van der Waals surface area contributed by atoms with Crippen LogP contribution in [0, 0.1) is 0 Å². The van der Waals surface area contributed by atoms with Crippen molar-refractivity contribution in [2.75, 3.05) is 33.1 Å². The SMILES string of the molecule is CN(C)CC[N+]1(c2ccccn2)CSC(=Cc2ccccc2)C1=O. The zero-order valence-electron chi connectivity index (χ0n) is 14.1. The fraction of sp³-hybridized carbons (Fsp3) is 0.263. The molecule has 4 nitrogen and oxygen atoms in total. The van der Waals surface area contributed by atoms with E-state index in [9.17, 15) is 4.79 Å². The Morgan fingerprint density at radius 2 is 1.92 bits per heavy atom. The molecule has 0 radical (unpaired) electrons. The van der Waals surface area contributed by atoms with Crippen LogP contribution in [0.4, 0.5) is 5.82 Å². The largest absolute Gasteiger partial charge is 0.359 e. The number of pyridine rings is 1. The van der Waals surface area contributed by atoms with E-state index in [-0.39, 0.29) is 10.4 Å². The van der Waals surface area contributed by atoms with Gasteiger partial charge in [0.15, 0.2) is 0 Å². The van der Waals surface area contributed by atoms with Crippen LogP contribution in [0.25, 0.3) is 6.08 Å².